The normalized spacial score (nSPS) is 24.9. The Morgan fingerprint density at radius 1 is 1.23 bits per heavy atom. The van der Waals surface area contributed by atoms with E-state index in [1.165, 1.54) is 16.4 Å². The highest BCUT2D eigenvalue weighted by Crippen LogP contribution is 2.51. The summed E-state index contributed by atoms with van der Waals surface area (Å²) >= 11 is 6.27. The standard InChI is InChI=1S/C24H29ClN9O9P/c25-23-28-20(27-15-6-5-12-3-1-2-4-13(12)15)14-7-26-34(21(14)29-23)22-19(37)18(36)16(43-22)8-42-24(10-35,44(38,39)40)11-41-9-17-30-32-33-31-17/h1-4,7,15-16,18-19,22,35-37H,5-6,8-11H2,(H,27,28,29)(H2,38,39,40)(H,30,31,32,33)/t15-,16-,18-,19-,22+,24?/m1/s1. The maximum Gasteiger partial charge on any atom is 0.361 e. The maximum absolute atomic E-state index is 12.4. The van der Waals surface area contributed by atoms with E-state index in [0.717, 1.165) is 18.4 Å². The van der Waals surface area contributed by atoms with E-state index in [1.807, 2.05) is 18.2 Å². The first-order valence-electron chi connectivity index (χ1n) is 13.5. The molecule has 236 valence electrons. The molecule has 4 heterocycles. The third kappa shape index (κ3) is 5.81. The van der Waals surface area contributed by atoms with Crippen molar-refractivity contribution in [2.24, 2.45) is 0 Å². The molecule has 2 aliphatic rings. The van der Waals surface area contributed by atoms with Crippen LogP contribution in [0.25, 0.3) is 11.0 Å². The Balaban J connectivity index is 1.19. The van der Waals surface area contributed by atoms with E-state index in [-0.39, 0.29) is 29.4 Å². The fourth-order valence-electron chi connectivity index (χ4n) is 5.31. The van der Waals surface area contributed by atoms with Crippen LogP contribution in [0.2, 0.25) is 5.28 Å². The zero-order valence-corrected chi connectivity index (χ0v) is 24.5. The van der Waals surface area contributed by atoms with Crippen LogP contribution in [0.4, 0.5) is 5.82 Å². The van der Waals surface area contributed by atoms with Crippen molar-refractivity contribution in [3.8, 4) is 0 Å². The van der Waals surface area contributed by atoms with Gasteiger partial charge in [0.1, 0.15) is 30.7 Å². The Labute approximate surface area is 253 Å². The van der Waals surface area contributed by atoms with Crippen LogP contribution in [-0.4, -0.2) is 109 Å². The quantitative estimate of drug-likeness (QED) is 0.0772. The van der Waals surface area contributed by atoms with Gasteiger partial charge in [-0.3, -0.25) is 4.57 Å². The molecule has 1 fully saturated rings. The van der Waals surface area contributed by atoms with Crippen LogP contribution >= 0.6 is 19.2 Å². The SMILES string of the molecule is O=P(O)(O)C(CO)(COCc1nn[nH]n1)OC[C@H]1O[C@H](n2ncc3c(N[C@@H]4CCc5ccccc54)nc(Cl)nc32)[C@H](O)[C@@H]1O. The number of hydrogen-bond donors (Lipinski definition) is 7. The molecule has 1 aliphatic carbocycles. The minimum Gasteiger partial charge on any atom is -0.393 e. The number of halogens is 1. The lowest BCUT2D eigenvalue weighted by Crippen LogP contribution is -2.45. The lowest BCUT2D eigenvalue weighted by Gasteiger charge is -2.33. The molecule has 44 heavy (non-hydrogen) atoms. The monoisotopic (exact) mass is 653 g/mol. The largest absolute Gasteiger partial charge is 0.393 e. The fraction of sp³-hybridized carbons (Fsp3) is 0.500. The average Bonchev–Trinajstić information content (AvgIpc) is 3.79. The number of fused-ring (bicyclic) bond motifs is 2. The Kier molecular flexibility index (Phi) is 8.64. The van der Waals surface area contributed by atoms with Crippen LogP contribution in [0.15, 0.2) is 30.5 Å². The number of tetrazole rings is 1. The number of aromatic nitrogens is 8. The number of ether oxygens (including phenoxy) is 3. The van der Waals surface area contributed by atoms with Crippen molar-refractivity contribution in [2.75, 3.05) is 25.1 Å². The second-order valence-corrected chi connectivity index (χ2v) is 12.7. The molecule has 1 aliphatic heterocycles. The predicted octanol–water partition coefficient (Wildman–Crippen LogP) is -0.189. The summed E-state index contributed by atoms with van der Waals surface area (Å²) in [5, 5.41) is 50.1. The number of aromatic amines is 1. The van der Waals surface area contributed by atoms with Gasteiger partial charge >= 0.3 is 7.60 Å². The molecule has 18 nitrogen and oxygen atoms in total. The Bertz CT molecular complexity index is 1660. The maximum atomic E-state index is 12.4. The molecule has 0 saturated carbocycles. The molecule has 7 N–H and O–H groups in total. The smallest absolute Gasteiger partial charge is 0.361 e. The van der Waals surface area contributed by atoms with Crippen LogP contribution in [-0.2, 0) is 31.8 Å². The highest BCUT2D eigenvalue weighted by molar-refractivity contribution is 7.53. The third-order valence-corrected chi connectivity index (χ3v) is 9.32. The number of hydrogen-bond acceptors (Lipinski definition) is 14. The van der Waals surface area contributed by atoms with Gasteiger partial charge in [-0.15, -0.1) is 10.2 Å². The minimum atomic E-state index is -5.16. The number of rotatable bonds is 12. The molecule has 1 unspecified atom stereocenters. The lowest BCUT2D eigenvalue weighted by molar-refractivity contribution is -0.131. The molecule has 0 amide bonds. The molecule has 6 rings (SSSR count). The van der Waals surface area contributed by atoms with Gasteiger partial charge in [0.25, 0.3) is 0 Å². The first-order chi connectivity index (χ1) is 21.1. The van der Waals surface area contributed by atoms with Crippen molar-refractivity contribution < 1.29 is 43.9 Å². The van der Waals surface area contributed by atoms with Gasteiger partial charge in [-0.05, 0) is 35.6 Å². The number of H-pyrrole nitrogens is 1. The van der Waals surface area contributed by atoms with Crippen molar-refractivity contribution in [3.63, 3.8) is 0 Å². The summed E-state index contributed by atoms with van der Waals surface area (Å²) < 4.78 is 30.2. The summed E-state index contributed by atoms with van der Waals surface area (Å²) in [4.78, 5) is 28.6. The van der Waals surface area contributed by atoms with E-state index in [9.17, 15) is 29.7 Å². The van der Waals surface area contributed by atoms with Gasteiger partial charge in [0.15, 0.2) is 17.7 Å². The second-order valence-electron chi connectivity index (χ2n) is 10.4. The number of benzene rings is 1. The fourth-order valence-corrected chi connectivity index (χ4v) is 6.16. The molecule has 6 atom stereocenters. The highest BCUT2D eigenvalue weighted by atomic mass is 35.5. The topological polar surface area (TPSA) is 256 Å². The van der Waals surface area contributed by atoms with Gasteiger partial charge in [0.05, 0.1) is 37.4 Å². The molecule has 20 heteroatoms. The van der Waals surface area contributed by atoms with Crippen molar-refractivity contribution in [3.05, 3.63) is 52.7 Å². The molecular weight excluding hydrogens is 625 g/mol. The van der Waals surface area contributed by atoms with Crippen LogP contribution < -0.4 is 5.32 Å². The summed E-state index contributed by atoms with van der Waals surface area (Å²) in [5.41, 5.74) is 2.61. The first-order valence-corrected chi connectivity index (χ1v) is 15.5. The molecule has 1 aromatic carbocycles. The van der Waals surface area contributed by atoms with Gasteiger partial charge in [0.2, 0.25) is 10.6 Å². The number of nitrogens with one attached hydrogen (secondary N) is 2. The van der Waals surface area contributed by atoms with E-state index in [1.54, 1.807) is 0 Å². The van der Waals surface area contributed by atoms with E-state index in [2.05, 4.69) is 47.1 Å². The zero-order chi connectivity index (χ0) is 31.1. The van der Waals surface area contributed by atoms with E-state index in [0.29, 0.717) is 11.2 Å². The molecule has 1 saturated heterocycles. The van der Waals surface area contributed by atoms with Crippen LogP contribution in [0.1, 0.15) is 35.6 Å². The number of aliphatic hydroxyl groups is 3. The second kappa shape index (κ2) is 12.3. The van der Waals surface area contributed by atoms with Crippen molar-refractivity contribution in [2.45, 2.75) is 55.4 Å². The van der Waals surface area contributed by atoms with Gasteiger partial charge in [-0.2, -0.15) is 20.3 Å². The number of aliphatic hydroxyl groups excluding tert-OH is 3. The average molecular weight is 654 g/mol. The summed E-state index contributed by atoms with van der Waals surface area (Å²) in [6.45, 7) is -2.84. The van der Waals surface area contributed by atoms with Gasteiger partial charge < -0.3 is 44.6 Å². The Morgan fingerprint density at radius 3 is 2.80 bits per heavy atom. The molecular formula is C24H29ClN9O9P. The summed E-state index contributed by atoms with van der Waals surface area (Å²) in [7, 11) is -5.16. The van der Waals surface area contributed by atoms with Gasteiger partial charge in [-0.1, -0.05) is 29.5 Å². The van der Waals surface area contributed by atoms with E-state index in [4.69, 9.17) is 25.8 Å². The van der Waals surface area contributed by atoms with Crippen LogP contribution in [0.5, 0.6) is 0 Å². The zero-order valence-electron chi connectivity index (χ0n) is 22.8. The molecule has 0 spiro atoms. The predicted molar refractivity (Wildman–Crippen MR) is 149 cm³/mol. The van der Waals surface area contributed by atoms with Crippen molar-refractivity contribution in [1.82, 2.24) is 40.4 Å². The van der Waals surface area contributed by atoms with Gasteiger partial charge in [0, 0.05) is 0 Å². The van der Waals surface area contributed by atoms with Crippen molar-refractivity contribution in [1.29, 1.82) is 0 Å². The third-order valence-electron chi connectivity index (χ3n) is 7.69. The number of anilines is 1. The number of nitrogens with zero attached hydrogens (tertiary/aromatic N) is 7. The molecule has 3 aromatic heterocycles. The summed E-state index contributed by atoms with van der Waals surface area (Å²) in [5.74, 6) is 0.529. The van der Waals surface area contributed by atoms with E-state index >= 15 is 0 Å². The highest BCUT2D eigenvalue weighted by Gasteiger charge is 2.51. The number of aryl methyl sites for hydroxylation is 1. The van der Waals surface area contributed by atoms with E-state index < -0.39 is 57.3 Å². The van der Waals surface area contributed by atoms with Gasteiger partial charge in [-0.25, -0.2) is 4.68 Å². The lowest BCUT2D eigenvalue weighted by atomic mass is 10.1. The molecule has 4 aromatic rings. The minimum absolute atomic E-state index is 0.0163. The summed E-state index contributed by atoms with van der Waals surface area (Å²) in [6.07, 6.45) is -2.47. The first kappa shape index (κ1) is 30.8. The molecule has 0 radical (unpaired) electrons. The van der Waals surface area contributed by atoms with Crippen molar-refractivity contribution >= 4 is 36.0 Å². The Morgan fingerprint density at radius 2 is 2.05 bits per heavy atom. The van der Waals surface area contributed by atoms with Crippen LogP contribution in [0, 0.1) is 0 Å². The Hall–Kier alpha value is -3.16. The summed E-state index contributed by atoms with van der Waals surface area (Å²) in [6, 6.07) is 8.07. The molecule has 0 bridgehead atoms. The van der Waals surface area contributed by atoms with Crippen LogP contribution in [0.3, 0.4) is 0 Å².